The van der Waals surface area contributed by atoms with Gasteiger partial charge in [0.15, 0.2) is 11.6 Å². The molecular weight excluding hydrogens is 214 g/mol. The van der Waals surface area contributed by atoms with Gasteiger partial charge >= 0.3 is 0 Å². The maximum absolute atomic E-state index is 12.8. The third-order valence-electron chi connectivity index (χ3n) is 2.22. The zero-order chi connectivity index (χ0) is 12.0. The summed E-state index contributed by atoms with van der Waals surface area (Å²) in [6, 6.07) is 3.56. The van der Waals surface area contributed by atoms with Crippen molar-refractivity contribution in [2.75, 3.05) is 19.7 Å². The molecule has 0 bridgehead atoms. The van der Waals surface area contributed by atoms with Gasteiger partial charge in [-0.25, -0.2) is 8.78 Å². The molecular formula is C11H16F2N2O. The molecule has 0 aromatic heterocycles. The third kappa shape index (κ3) is 4.22. The van der Waals surface area contributed by atoms with E-state index in [4.69, 9.17) is 10.8 Å². The number of rotatable bonds is 6. The summed E-state index contributed by atoms with van der Waals surface area (Å²) in [6.45, 7) is 1.04. The maximum atomic E-state index is 12.8. The molecule has 1 rings (SSSR count). The van der Waals surface area contributed by atoms with E-state index in [0.29, 0.717) is 19.5 Å². The molecule has 0 saturated heterocycles. The minimum atomic E-state index is -0.834. The van der Waals surface area contributed by atoms with Crippen LogP contribution in [-0.2, 0) is 6.42 Å². The van der Waals surface area contributed by atoms with Crippen LogP contribution in [0.2, 0.25) is 0 Å². The lowest BCUT2D eigenvalue weighted by molar-refractivity contribution is 0.262. The lowest BCUT2D eigenvalue weighted by Gasteiger charge is -2.09. The average Bonchev–Trinajstić information content (AvgIpc) is 2.28. The van der Waals surface area contributed by atoms with Crippen LogP contribution in [0.4, 0.5) is 8.78 Å². The van der Waals surface area contributed by atoms with Crippen LogP contribution in [0.5, 0.6) is 0 Å². The predicted octanol–water partition coefficient (Wildman–Crippen LogP) is 0.416. The zero-order valence-electron chi connectivity index (χ0n) is 8.92. The van der Waals surface area contributed by atoms with Crippen molar-refractivity contribution < 1.29 is 13.9 Å². The van der Waals surface area contributed by atoms with Crippen molar-refractivity contribution in [3.8, 4) is 0 Å². The van der Waals surface area contributed by atoms with Gasteiger partial charge in [-0.15, -0.1) is 0 Å². The molecule has 0 fully saturated rings. The molecule has 1 atom stereocenters. The summed E-state index contributed by atoms with van der Waals surface area (Å²) in [4.78, 5) is 0. The van der Waals surface area contributed by atoms with Gasteiger partial charge in [0.05, 0.1) is 6.61 Å². The summed E-state index contributed by atoms with van der Waals surface area (Å²) in [7, 11) is 0. The lowest BCUT2D eigenvalue weighted by atomic mass is 10.1. The number of nitrogens with two attached hydrogens (primary N) is 1. The van der Waals surface area contributed by atoms with Gasteiger partial charge in [-0.3, -0.25) is 0 Å². The van der Waals surface area contributed by atoms with Crippen LogP contribution in [-0.4, -0.2) is 30.8 Å². The SMILES string of the molecule is NC(CO)CNCCc1ccc(F)c(F)c1. The highest BCUT2D eigenvalue weighted by Crippen LogP contribution is 2.08. The van der Waals surface area contributed by atoms with Crippen molar-refractivity contribution >= 4 is 0 Å². The number of aliphatic hydroxyl groups is 1. The number of aliphatic hydroxyl groups excluding tert-OH is 1. The summed E-state index contributed by atoms with van der Waals surface area (Å²) >= 11 is 0. The summed E-state index contributed by atoms with van der Waals surface area (Å²) in [5, 5.41) is 11.7. The van der Waals surface area contributed by atoms with Crippen LogP contribution < -0.4 is 11.1 Å². The van der Waals surface area contributed by atoms with E-state index in [9.17, 15) is 8.78 Å². The molecule has 1 aromatic carbocycles. The summed E-state index contributed by atoms with van der Waals surface area (Å²) in [5.41, 5.74) is 6.20. The molecule has 1 aromatic rings. The van der Waals surface area contributed by atoms with Crippen LogP contribution >= 0.6 is 0 Å². The first-order chi connectivity index (χ1) is 7.63. The van der Waals surface area contributed by atoms with E-state index < -0.39 is 11.6 Å². The first-order valence-corrected chi connectivity index (χ1v) is 5.14. The maximum Gasteiger partial charge on any atom is 0.159 e. The van der Waals surface area contributed by atoms with Gasteiger partial charge in [0, 0.05) is 12.6 Å². The Hall–Kier alpha value is -1.04. The monoisotopic (exact) mass is 230 g/mol. The highest BCUT2D eigenvalue weighted by Gasteiger charge is 2.03. The topological polar surface area (TPSA) is 58.3 Å². The fourth-order valence-electron chi connectivity index (χ4n) is 1.28. The Labute approximate surface area is 93.3 Å². The first kappa shape index (κ1) is 13.0. The van der Waals surface area contributed by atoms with Gasteiger partial charge in [0.2, 0.25) is 0 Å². The van der Waals surface area contributed by atoms with Crippen LogP contribution in [0.25, 0.3) is 0 Å². The van der Waals surface area contributed by atoms with Crippen LogP contribution in [0.1, 0.15) is 5.56 Å². The smallest absolute Gasteiger partial charge is 0.159 e. The van der Waals surface area contributed by atoms with Crippen molar-refractivity contribution in [1.82, 2.24) is 5.32 Å². The molecule has 0 spiro atoms. The molecule has 0 aliphatic rings. The van der Waals surface area contributed by atoms with Crippen LogP contribution in [0, 0.1) is 11.6 Å². The summed E-state index contributed by atoms with van der Waals surface area (Å²) < 4.78 is 25.4. The first-order valence-electron chi connectivity index (χ1n) is 5.14. The quantitative estimate of drug-likeness (QED) is 0.621. The molecule has 0 aliphatic heterocycles. The number of hydrogen-bond acceptors (Lipinski definition) is 3. The minimum absolute atomic E-state index is 0.0713. The number of benzene rings is 1. The number of halogens is 2. The molecule has 90 valence electrons. The van der Waals surface area contributed by atoms with E-state index in [2.05, 4.69) is 5.32 Å². The van der Waals surface area contributed by atoms with Crippen LogP contribution in [0.3, 0.4) is 0 Å². The largest absolute Gasteiger partial charge is 0.395 e. The molecule has 0 amide bonds. The average molecular weight is 230 g/mol. The molecule has 4 N–H and O–H groups in total. The Kier molecular flexibility index (Phi) is 5.31. The van der Waals surface area contributed by atoms with E-state index in [0.717, 1.165) is 11.6 Å². The van der Waals surface area contributed by atoms with E-state index in [1.807, 2.05) is 0 Å². The van der Waals surface area contributed by atoms with E-state index in [1.165, 1.54) is 6.07 Å². The van der Waals surface area contributed by atoms with E-state index >= 15 is 0 Å². The number of nitrogens with one attached hydrogen (secondary N) is 1. The Bertz CT molecular complexity index is 334. The summed E-state index contributed by atoms with van der Waals surface area (Å²) in [5.74, 6) is -1.66. The predicted molar refractivity (Wildman–Crippen MR) is 58.0 cm³/mol. The molecule has 0 saturated carbocycles. The van der Waals surface area contributed by atoms with Crippen molar-refractivity contribution in [1.29, 1.82) is 0 Å². The van der Waals surface area contributed by atoms with Gasteiger partial charge in [0.25, 0.3) is 0 Å². The normalized spacial score (nSPS) is 12.8. The lowest BCUT2D eigenvalue weighted by Crippen LogP contribution is -2.37. The molecule has 0 radical (unpaired) electrons. The highest BCUT2D eigenvalue weighted by atomic mass is 19.2. The standard InChI is InChI=1S/C11H16F2N2O/c12-10-2-1-8(5-11(10)13)3-4-15-6-9(14)7-16/h1-2,5,9,15-16H,3-4,6-7,14H2. The van der Waals surface area contributed by atoms with E-state index in [-0.39, 0.29) is 12.6 Å². The van der Waals surface area contributed by atoms with Gasteiger partial charge in [-0.1, -0.05) is 6.07 Å². The van der Waals surface area contributed by atoms with Crippen molar-refractivity contribution in [3.63, 3.8) is 0 Å². The molecule has 5 heteroatoms. The second kappa shape index (κ2) is 6.52. The third-order valence-corrected chi connectivity index (χ3v) is 2.22. The molecule has 1 unspecified atom stereocenters. The highest BCUT2D eigenvalue weighted by molar-refractivity contribution is 5.17. The van der Waals surface area contributed by atoms with Gasteiger partial charge < -0.3 is 16.2 Å². The Morgan fingerprint density at radius 3 is 2.69 bits per heavy atom. The number of hydrogen-bond donors (Lipinski definition) is 3. The fraction of sp³-hybridized carbons (Fsp3) is 0.455. The minimum Gasteiger partial charge on any atom is -0.395 e. The Balaban J connectivity index is 2.29. The van der Waals surface area contributed by atoms with Crippen molar-refractivity contribution in [2.45, 2.75) is 12.5 Å². The van der Waals surface area contributed by atoms with Crippen molar-refractivity contribution in [3.05, 3.63) is 35.4 Å². The Morgan fingerprint density at radius 1 is 1.31 bits per heavy atom. The van der Waals surface area contributed by atoms with Gasteiger partial charge in [-0.2, -0.15) is 0 Å². The van der Waals surface area contributed by atoms with Gasteiger partial charge in [0.1, 0.15) is 0 Å². The van der Waals surface area contributed by atoms with Crippen LogP contribution in [0.15, 0.2) is 18.2 Å². The van der Waals surface area contributed by atoms with E-state index in [1.54, 1.807) is 6.07 Å². The zero-order valence-corrected chi connectivity index (χ0v) is 8.92. The molecule has 3 nitrogen and oxygen atoms in total. The van der Waals surface area contributed by atoms with Crippen molar-refractivity contribution in [2.24, 2.45) is 5.73 Å². The molecule has 0 heterocycles. The molecule has 0 aliphatic carbocycles. The van der Waals surface area contributed by atoms with Gasteiger partial charge in [-0.05, 0) is 30.7 Å². The Morgan fingerprint density at radius 2 is 2.06 bits per heavy atom. The second-order valence-electron chi connectivity index (χ2n) is 3.65. The second-order valence-corrected chi connectivity index (χ2v) is 3.65. The fourth-order valence-corrected chi connectivity index (χ4v) is 1.28. The molecule has 16 heavy (non-hydrogen) atoms. The summed E-state index contributed by atoms with van der Waals surface area (Å²) in [6.07, 6.45) is 0.593.